The molecule has 1 aliphatic carbocycles. The van der Waals surface area contributed by atoms with E-state index in [1.165, 1.54) is 28.4 Å². The molecule has 6 nitrogen and oxygen atoms in total. The lowest BCUT2D eigenvalue weighted by Gasteiger charge is -2.54. The molecule has 210 valence electrons. The molecular weight excluding hydrogens is 535 g/mol. The molecule has 4 unspecified atom stereocenters. The molecule has 2 amide bonds. The highest BCUT2D eigenvalue weighted by atomic mass is 35.5. The number of piperazine rings is 1. The number of alkyl halides is 2. The Morgan fingerprint density at radius 1 is 1.05 bits per heavy atom. The van der Waals surface area contributed by atoms with Crippen LogP contribution in [-0.2, 0) is 20.9 Å². The lowest BCUT2D eigenvalue weighted by molar-refractivity contribution is -0.175. The van der Waals surface area contributed by atoms with E-state index in [2.05, 4.69) is 5.32 Å². The number of nitrogens with one attached hydrogen (secondary N) is 1. The van der Waals surface area contributed by atoms with E-state index >= 15 is 4.39 Å². The van der Waals surface area contributed by atoms with Crippen molar-refractivity contribution in [3.63, 3.8) is 0 Å². The zero-order valence-electron chi connectivity index (χ0n) is 21.6. The maximum absolute atomic E-state index is 16.7. The van der Waals surface area contributed by atoms with Gasteiger partial charge in [0.1, 0.15) is 30.7 Å². The van der Waals surface area contributed by atoms with Gasteiger partial charge in [0.25, 0.3) is 0 Å². The minimum atomic E-state index is -1.38. The smallest absolute Gasteiger partial charge is 0.247 e. The van der Waals surface area contributed by atoms with Gasteiger partial charge in [0.2, 0.25) is 11.8 Å². The van der Waals surface area contributed by atoms with Crippen molar-refractivity contribution in [2.45, 2.75) is 88.1 Å². The summed E-state index contributed by atoms with van der Waals surface area (Å²) in [6, 6.07) is 3.50. The fourth-order valence-corrected chi connectivity index (χ4v) is 7.35. The van der Waals surface area contributed by atoms with E-state index in [4.69, 9.17) is 27.9 Å². The quantitative estimate of drug-likeness (QED) is 0.514. The molecule has 0 aromatic heterocycles. The predicted molar refractivity (Wildman–Crippen MR) is 142 cm³/mol. The van der Waals surface area contributed by atoms with Gasteiger partial charge in [0, 0.05) is 24.4 Å². The summed E-state index contributed by atoms with van der Waals surface area (Å²) >= 11 is 12.8. The molecule has 1 aromatic rings. The van der Waals surface area contributed by atoms with E-state index in [0.717, 1.165) is 38.5 Å². The topological polar surface area (TPSA) is 61.9 Å². The third-order valence-corrected chi connectivity index (χ3v) is 9.90. The minimum Gasteiger partial charge on any atom is -0.380 e. The van der Waals surface area contributed by atoms with Crippen molar-refractivity contribution in [2.24, 2.45) is 11.3 Å². The normalized spacial score (nSPS) is 31.4. The van der Waals surface area contributed by atoms with Gasteiger partial charge in [-0.3, -0.25) is 14.9 Å². The zero-order valence-corrected chi connectivity index (χ0v) is 23.2. The summed E-state index contributed by atoms with van der Waals surface area (Å²) in [7, 11) is 0. The number of hydrogen-bond donors (Lipinski definition) is 1. The number of amides is 2. The molecule has 0 radical (unpaired) electrons. The van der Waals surface area contributed by atoms with Crippen LogP contribution < -0.4 is 5.32 Å². The Hall–Kier alpha value is -1.48. The van der Waals surface area contributed by atoms with Crippen LogP contribution >= 0.6 is 23.2 Å². The third-order valence-electron chi connectivity index (χ3n) is 9.02. The second-order valence-corrected chi connectivity index (χ2v) is 12.3. The fraction of sp³-hybridized carbons (Fsp3) is 0.714. The minimum absolute atomic E-state index is 0.0401. The lowest BCUT2D eigenvalue weighted by Crippen LogP contribution is -2.73. The fourth-order valence-electron chi connectivity index (χ4n) is 6.71. The Labute approximate surface area is 233 Å². The van der Waals surface area contributed by atoms with Crippen LogP contribution in [0.5, 0.6) is 0 Å². The molecule has 1 aromatic carbocycles. The second kappa shape index (κ2) is 11.9. The first kappa shape index (κ1) is 28.1. The molecule has 10 heteroatoms. The van der Waals surface area contributed by atoms with Crippen LogP contribution in [0.3, 0.4) is 0 Å². The molecule has 38 heavy (non-hydrogen) atoms. The number of nitrogens with zero attached hydrogens (tertiary/aromatic N) is 2. The van der Waals surface area contributed by atoms with E-state index in [-0.39, 0.29) is 41.2 Å². The number of carbonyl (C=O) groups excluding carboxylic acids is 2. The molecule has 3 heterocycles. The van der Waals surface area contributed by atoms with Gasteiger partial charge >= 0.3 is 0 Å². The Balaban J connectivity index is 1.39. The van der Waals surface area contributed by atoms with Crippen LogP contribution in [0.25, 0.3) is 0 Å². The number of piperidine rings is 1. The molecule has 3 saturated heterocycles. The van der Waals surface area contributed by atoms with Crippen molar-refractivity contribution in [1.82, 2.24) is 15.1 Å². The summed E-state index contributed by atoms with van der Waals surface area (Å²) in [6.07, 6.45) is 6.57. The van der Waals surface area contributed by atoms with Gasteiger partial charge in [-0.25, -0.2) is 8.78 Å². The predicted octanol–water partition coefficient (Wildman–Crippen LogP) is 5.05. The molecule has 1 saturated carbocycles. The van der Waals surface area contributed by atoms with Crippen molar-refractivity contribution in [3.8, 4) is 0 Å². The maximum Gasteiger partial charge on any atom is 0.247 e. The molecule has 0 bridgehead atoms. The molecule has 5 rings (SSSR count). The van der Waals surface area contributed by atoms with E-state index in [0.29, 0.717) is 38.2 Å². The first-order valence-electron chi connectivity index (χ1n) is 13.9. The van der Waals surface area contributed by atoms with Gasteiger partial charge in [0.15, 0.2) is 0 Å². The SMILES string of the molecule is O=C1C(C2COC2)N(Cc2ccc(F)c(Cl)c2)C(=O)CN1C1NCC(Cl)C2(CCCCCCCCC2)C1F. The maximum atomic E-state index is 16.7. The highest BCUT2D eigenvalue weighted by Crippen LogP contribution is 2.47. The zero-order chi connectivity index (χ0) is 26.9. The summed E-state index contributed by atoms with van der Waals surface area (Å²) in [6.45, 7) is 0.981. The molecule has 4 fully saturated rings. The number of hydrogen-bond acceptors (Lipinski definition) is 4. The van der Waals surface area contributed by atoms with Crippen molar-refractivity contribution >= 4 is 35.0 Å². The van der Waals surface area contributed by atoms with Crippen molar-refractivity contribution < 1.29 is 23.1 Å². The van der Waals surface area contributed by atoms with Gasteiger partial charge in [-0.2, -0.15) is 0 Å². The Morgan fingerprint density at radius 3 is 2.32 bits per heavy atom. The number of carbonyl (C=O) groups is 2. The van der Waals surface area contributed by atoms with Crippen molar-refractivity contribution in [3.05, 3.63) is 34.6 Å². The molecule has 1 spiro atoms. The number of halogens is 4. The third kappa shape index (κ3) is 5.43. The van der Waals surface area contributed by atoms with Gasteiger partial charge in [-0.05, 0) is 30.5 Å². The largest absolute Gasteiger partial charge is 0.380 e. The van der Waals surface area contributed by atoms with E-state index < -0.39 is 29.6 Å². The Kier molecular flexibility index (Phi) is 8.82. The van der Waals surface area contributed by atoms with Gasteiger partial charge < -0.3 is 14.5 Å². The van der Waals surface area contributed by atoms with Crippen LogP contribution in [0, 0.1) is 17.2 Å². The van der Waals surface area contributed by atoms with Crippen LogP contribution in [0.4, 0.5) is 8.78 Å². The Bertz CT molecular complexity index is 1020. The van der Waals surface area contributed by atoms with Gasteiger partial charge in [-0.15, -0.1) is 11.6 Å². The standard InChI is InChI=1S/C28H37Cl2F2N3O3/c29-20-12-18(8-9-21(20)31)14-34-23(36)15-35(27(37)24(34)19-16-38-17-19)26-25(32)28(22(30)13-33-26)10-6-4-2-1-3-5-7-11-28/h8-9,12,19,22,24-26,33H,1-7,10-11,13-17H2. The lowest BCUT2D eigenvalue weighted by atomic mass is 9.68. The molecule has 1 N–H and O–H groups in total. The first-order valence-corrected chi connectivity index (χ1v) is 14.8. The van der Waals surface area contributed by atoms with E-state index in [1.807, 2.05) is 0 Å². The number of rotatable bonds is 4. The van der Waals surface area contributed by atoms with Crippen molar-refractivity contribution in [2.75, 3.05) is 26.3 Å². The Morgan fingerprint density at radius 2 is 1.71 bits per heavy atom. The summed E-state index contributed by atoms with van der Waals surface area (Å²) in [5.41, 5.74) is -0.101. The molecular formula is C28H37Cl2F2N3O3. The van der Waals surface area contributed by atoms with Gasteiger partial charge in [0.05, 0.1) is 23.6 Å². The highest BCUT2D eigenvalue weighted by Gasteiger charge is 2.56. The summed E-state index contributed by atoms with van der Waals surface area (Å²) in [4.78, 5) is 30.5. The number of ether oxygens (including phenoxy) is 1. The van der Waals surface area contributed by atoms with Gasteiger partial charge in [-0.1, -0.05) is 62.6 Å². The average Bonchev–Trinajstić information content (AvgIpc) is 2.87. The van der Waals surface area contributed by atoms with Crippen LogP contribution in [0.2, 0.25) is 5.02 Å². The van der Waals surface area contributed by atoms with Crippen LogP contribution in [0.15, 0.2) is 18.2 Å². The highest BCUT2D eigenvalue weighted by molar-refractivity contribution is 6.30. The number of benzene rings is 1. The molecule has 4 atom stereocenters. The monoisotopic (exact) mass is 571 g/mol. The average molecular weight is 573 g/mol. The first-order chi connectivity index (χ1) is 18.3. The summed E-state index contributed by atoms with van der Waals surface area (Å²) < 4.78 is 35.8. The van der Waals surface area contributed by atoms with E-state index in [1.54, 1.807) is 6.07 Å². The molecule has 4 aliphatic rings. The van der Waals surface area contributed by atoms with E-state index in [9.17, 15) is 14.0 Å². The van der Waals surface area contributed by atoms with Crippen LogP contribution in [0.1, 0.15) is 63.4 Å². The van der Waals surface area contributed by atoms with Crippen molar-refractivity contribution in [1.29, 1.82) is 0 Å². The van der Waals surface area contributed by atoms with Crippen LogP contribution in [-0.4, -0.2) is 71.7 Å². The summed E-state index contributed by atoms with van der Waals surface area (Å²) in [5, 5.41) is 2.77. The second-order valence-electron chi connectivity index (χ2n) is 11.4. The summed E-state index contributed by atoms with van der Waals surface area (Å²) in [5.74, 6) is -1.29. The molecule has 3 aliphatic heterocycles.